The third kappa shape index (κ3) is 3.14. The summed E-state index contributed by atoms with van der Waals surface area (Å²) in [6, 6.07) is 9.96. The standard InChI is InChI=1S/C13H13NO2S/c1-9(7-10-5-3-2-4-6-10)8-11-12(15)14-13(17)16-11/h2-7,11H,8H2,1H3,(H,14,15,17). The molecule has 0 aromatic heterocycles. The minimum Gasteiger partial charge on any atom is -0.457 e. The van der Waals surface area contributed by atoms with Crippen molar-refractivity contribution in [3.8, 4) is 0 Å². The summed E-state index contributed by atoms with van der Waals surface area (Å²) in [5, 5.41) is 2.65. The first-order valence-electron chi connectivity index (χ1n) is 5.39. The number of carbonyl (C=O) groups is 1. The van der Waals surface area contributed by atoms with Gasteiger partial charge in [0.2, 0.25) is 0 Å². The lowest BCUT2D eigenvalue weighted by atomic mass is 10.1. The average Bonchev–Trinajstić information content (AvgIpc) is 2.58. The van der Waals surface area contributed by atoms with E-state index < -0.39 is 6.10 Å². The number of rotatable bonds is 3. The molecule has 1 amide bonds. The van der Waals surface area contributed by atoms with E-state index in [0.29, 0.717) is 6.42 Å². The maximum Gasteiger partial charge on any atom is 0.268 e. The van der Waals surface area contributed by atoms with E-state index in [1.54, 1.807) is 0 Å². The third-order valence-corrected chi connectivity index (χ3v) is 2.69. The Labute approximate surface area is 105 Å². The van der Waals surface area contributed by atoms with Crippen LogP contribution in [0.25, 0.3) is 6.08 Å². The van der Waals surface area contributed by atoms with E-state index in [-0.39, 0.29) is 11.1 Å². The summed E-state index contributed by atoms with van der Waals surface area (Å²) in [4.78, 5) is 11.4. The van der Waals surface area contributed by atoms with Crippen LogP contribution in [-0.4, -0.2) is 17.2 Å². The summed E-state index contributed by atoms with van der Waals surface area (Å²) >= 11 is 4.78. The van der Waals surface area contributed by atoms with Gasteiger partial charge >= 0.3 is 0 Å². The van der Waals surface area contributed by atoms with Crippen molar-refractivity contribution in [2.45, 2.75) is 19.4 Å². The third-order valence-electron chi connectivity index (χ3n) is 2.49. The van der Waals surface area contributed by atoms with Crippen LogP contribution in [-0.2, 0) is 9.53 Å². The van der Waals surface area contributed by atoms with Gasteiger partial charge in [-0.3, -0.25) is 10.1 Å². The Morgan fingerprint density at radius 3 is 2.76 bits per heavy atom. The molecule has 88 valence electrons. The van der Waals surface area contributed by atoms with Gasteiger partial charge in [0.15, 0.2) is 6.10 Å². The molecule has 0 saturated carbocycles. The Morgan fingerprint density at radius 2 is 2.18 bits per heavy atom. The highest BCUT2D eigenvalue weighted by Crippen LogP contribution is 2.15. The van der Waals surface area contributed by atoms with E-state index in [0.717, 1.165) is 11.1 Å². The van der Waals surface area contributed by atoms with Crippen LogP contribution in [0, 0.1) is 0 Å². The summed E-state index contributed by atoms with van der Waals surface area (Å²) in [5.41, 5.74) is 2.20. The molecule has 0 radical (unpaired) electrons. The molecule has 2 rings (SSSR count). The number of carbonyl (C=O) groups excluding carboxylic acids is 1. The van der Waals surface area contributed by atoms with E-state index >= 15 is 0 Å². The van der Waals surface area contributed by atoms with Crippen LogP contribution in [0.5, 0.6) is 0 Å². The molecule has 1 aromatic rings. The summed E-state index contributed by atoms with van der Waals surface area (Å²) in [6.07, 6.45) is 2.11. The smallest absolute Gasteiger partial charge is 0.268 e. The zero-order chi connectivity index (χ0) is 12.3. The van der Waals surface area contributed by atoms with Gasteiger partial charge in [-0.1, -0.05) is 42.0 Å². The van der Waals surface area contributed by atoms with Crippen molar-refractivity contribution in [1.29, 1.82) is 0 Å². The first-order valence-corrected chi connectivity index (χ1v) is 5.79. The predicted octanol–water partition coefficient (Wildman–Crippen LogP) is 2.28. The van der Waals surface area contributed by atoms with Crippen LogP contribution in [0.3, 0.4) is 0 Å². The normalized spacial score (nSPS) is 20.1. The number of nitrogens with one attached hydrogen (secondary N) is 1. The molecule has 1 fully saturated rings. The van der Waals surface area contributed by atoms with E-state index in [1.165, 1.54) is 0 Å². The van der Waals surface area contributed by atoms with Gasteiger partial charge in [-0.2, -0.15) is 0 Å². The number of hydrogen-bond donors (Lipinski definition) is 1. The van der Waals surface area contributed by atoms with Gasteiger partial charge in [-0.05, 0) is 24.7 Å². The monoisotopic (exact) mass is 247 g/mol. The Balaban J connectivity index is 2.02. The Kier molecular flexibility index (Phi) is 3.54. The molecule has 1 atom stereocenters. The molecular weight excluding hydrogens is 234 g/mol. The van der Waals surface area contributed by atoms with Crippen molar-refractivity contribution < 1.29 is 9.53 Å². The maximum atomic E-state index is 11.4. The number of thiocarbonyl (C=S) groups is 1. The highest BCUT2D eigenvalue weighted by molar-refractivity contribution is 7.80. The number of hydrogen-bond acceptors (Lipinski definition) is 3. The molecule has 0 bridgehead atoms. The van der Waals surface area contributed by atoms with Gasteiger partial charge in [0, 0.05) is 6.42 Å². The van der Waals surface area contributed by atoms with Crippen LogP contribution < -0.4 is 5.32 Å². The minimum atomic E-state index is -0.484. The molecule has 1 N–H and O–H groups in total. The molecule has 1 aliphatic rings. The lowest BCUT2D eigenvalue weighted by molar-refractivity contribution is -0.123. The fourth-order valence-electron chi connectivity index (χ4n) is 1.71. The van der Waals surface area contributed by atoms with Crippen molar-refractivity contribution >= 4 is 29.4 Å². The van der Waals surface area contributed by atoms with Gasteiger partial charge in [-0.25, -0.2) is 0 Å². The Hall–Kier alpha value is -1.68. The zero-order valence-corrected chi connectivity index (χ0v) is 10.3. The van der Waals surface area contributed by atoms with E-state index in [1.807, 2.05) is 43.3 Å². The lowest BCUT2D eigenvalue weighted by Crippen LogP contribution is -2.24. The summed E-state index contributed by atoms with van der Waals surface area (Å²) in [7, 11) is 0. The van der Waals surface area contributed by atoms with Crippen LogP contribution in [0.15, 0.2) is 35.9 Å². The molecule has 1 aliphatic heterocycles. The van der Waals surface area contributed by atoms with E-state index in [4.69, 9.17) is 17.0 Å². The fraction of sp³-hybridized carbons (Fsp3) is 0.231. The highest BCUT2D eigenvalue weighted by atomic mass is 32.1. The molecule has 4 heteroatoms. The number of ether oxygens (including phenoxy) is 1. The molecule has 1 unspecified atom stereocenters. The van der Waals surface area contributed by atoms with Crippen molar-refractivity contribution in [3.05, 3.63) is 41.5 Å². The van der Waals surface area contributed by atoms with Gasteiger partial charge in [0.25, 0.3) is 11.1 Å². The Bertz CT molecular complexity index is 468. The predicted molar refractivity (Wildman–Crippen MR) is 70.3 cm³/mol. The lowest BCUT2D eigenvalue weighted by Gasteiger charge is -2.07. The van der Waals surface area contributed by atoms with Crippen molar-refractivity contribution in [2.75, 3.05) is 0 Å². The minimum absolute atomic E-state index is 0.157. The van der Waals surface area contributed by atoms with Gasteiger partial charge in [0.1, 0.15) is 0 Å². The van der Waals surface area contributed by atoms with Crippen LogP contribution >= 0.6 is 12.2 Å². The molecule has 0 spiro atoms. The van der Waals surface area contributed by atoms with E-state index in [9.17, 15) is 4.79 Å². The summed E-state index contributed by atoms with van der Waals surface area (Å²) < 4.78 is 5.21. The largest absolute Gasteiger partial charge is 0.457 e. The molecule has 17 heavy (non-hydrogen) atoms. The van der Waals surface area contributed by atoms with Gasteiger partial charge in [0.05, 0.1) is 0 Å². The van der Waals surface area contributed by atoms with Crippen molar-refractivity contribution in [2.24, 2.45) is 0 Å². The second-order valence-corrected chi connectivity index (χ2v) is 4.36. The van der Waals surface area contributed by atoms with Crippen LogP contribution in [0.2, 0.25) is 0 Å². The second-order valence-electron chi connectivity index (χ2n) is 3.99. The first kappa shape index (κ1) is 11.8. The topological polar surface area (TPSA) is 38.3 Å². The molecule has 1 heterocycles. The zero-order valence-electron chi connectivity index (χ0n) is 9.47. The number of benzene rings is 1. The summed E-state index contributed by atoms with van der Waals surface area (Å²) in [6.45, 7) is 1.98. The molecule has 1 saturated heterocycles. The molecule has 3 nitrogen and oxygen atoms in total. The quantitative estimate of drug-likeness (QED) is 0.833. The summed E-state index contributed by atoms with van der Waals surface area (Å²) in [5.74, 6) is -0.157. The van der Waals surface area contributed by atoms with Gasteiger partial charge in [-0.15, -0.1) is 0 Å². The first-order chi connectivity index (χ1) is 8.15. The van der Waals surface area contributed by atoms with E-state index in [2.05, 4.69) is 5.32 Å². The van der Waals surface area contributed by atoms with Crippen LogP contribution in [0.1, 0.15) is 18.9 Å². The molecular formula is C13H13NO2S. The average molecular weight is 247 g/mol. The Morgan fingerprint density at radius 1 is 1.47 bits per heavy atom. The molecule has 1 aromatic carbocycles. The molecule has 0 aliphatic carbocycles. The second kappa shape index (κ2) is 5.10. The maximum absolute atomic E-state index is 11.4. The SMILES string of the molecule is CC(=Cc1ccccc1)CC1OC(=S)NC1=O. The fourth-order valence-corrected chi connectivity index (χ4v) is 1.93. The van der Waals surface area contributed by atoms with Gasteiger partial charge < -0.3 is 4.74 Å². The van der Waals surface area contributed by atoms with Crippen molar-refractivity contribution in [1.82, 2.24) is 5.32 Å². The highest BCUT2D eigenvalue weighted by Gasteiger charge is 2.29. The van der Waals surface area contributed by atoms with Crippen molar-refractivity contribution in [3.63, 3.8) is 0 Å². The van der Waals surface area contributed by atoms with Crippen LogP contribution in [0.4, 0.5) is 0 Å². The number of amides is 1.